The molecule has 0 saturated carbocycles. The fourth-order valence-corrected chi connectivity index (χ4v) is 6.00. The molecule has 1 fully saturated rings. The van der Waals surface area contributed by atoms with Gasteiger partial charge in [-0.1, -0.05) is 24.3 Å². The summed E-state index contributed by atoms with van der Waals surface area (Å²) in [6, 6.07) is 9.86. The molecule has 0 spiro atoms. The number of allylic oxidation sites excluding steroid dienone is 2. The highest BCUT2D eigenvalue weighted by Crippen LogP contribution is 2.39. The average Bonchev–Trinajstić information content (AvgIpc) is 3.22. The van der Waals surface area contributed by atoms with Gasteiger partial charge in [0.15, 0.2) is 0 Å². The number of rotatable bonds is 5. The minimum atomic E-state index is -2.59. The Kier molecular flexibility index (Phi) is 7.10. The van der Waals surface area contributed by atoms with Gasteiger partial charge in [0.25, 0.3) is 5.92 Å². The van der Waals surface area contributed by atoms with Gasteiger partial charge in [0.2, 0.25) is 0 Å². The monoisotopic (exact) mass is 482 g/mol. The fraction of sp³-hybridized carbons (Fsp3) is 0.500. The third-order valence-electron chi connectivity index (χ3n) is 6.25. The molecule has 1 aromatic carbocycles. The maximum atomic E-state index is 13.4. The summed E-state index contributed by atoms with van der Waals surface area (Å²) in [4.78, 5) is 2.16. The average molecular weight is 483 g/mol. The minimum absolute atomic E-state index is 0.103. The van der Waals surface area contributed by atoms with E-state index in [0.717, 1.165) is 32.0 Å². The Morgan fingerprint density at radius 1 is 1.12 bits per heavy atom. The SMILES string of the molecule is CS[C@H]1OC(c2ccc(C)c(Cc3ccc(C4=CCC(F)(F)CC4)s3)c2)[C@H](O)[C@@H](O)[C@@H]1O. The zero-order chi connectivity index (χ0) is 23.0. The molecular formula is C24H28F2O4S2. The second-order valence-corrected chi connectivity index (χ2v) is 10.7. The van der Waals surface area contributed by atoms with Gasteiger partial charge >= 0.3 is 0 Å². The summed E-state index contributed by atoms with van der Waals surface area (Å²) >= 11 is 2.91. The van der Waals surface area contributed by atoms with E-state index in [4.69, 9.17) is 4.74 Å². The number of benzene rings is 1. The number of ether oxygens (including phenoxy) is 1. The summed E-state index contributed by atoms with van der Waals surface area (Å²) in [5, 5.41) is 30.9. The van der Waals surface area contributed by atoms with Crippen LogP contribution in [0.1, 0.15) is 51.8 Å². The molecule has 2 heterocycles. The molecule has 0 amide bonds. The van der Waals surface area contributed by atoms with E-state index in [2.05, 4.69) is 0 Å². The van der Waals surface area contributed by atoms with Crippen molar-refractivity contribution in [2.75, 3.05) is 6.26 Å². The maximum Gasteiger partial charge on any atom is 0.251 e. The molecule has 0 radical (unpaired) electrons. The predicted octanol–water partition coefficient (Wildman–Crippen LogP) is 4.69. The zero-order valence-electron chi connectivity index (χ0n) is 18.0. The van der Waals surface area contributed by atoms with E-state index in [9.17, 15) is 24.1 Å². The van der Waals surface area contributed by atoms with Crippen LogP contribution in [-0.4, -0.2) is 51.2 Å². The van der Waals surface area contributed by atoms with Gasteiger partial charge in [0, 0.05) is 29.0 Å². The van der Waals surface area contributed by atoms with Gasteiger partial charge < -0.3 is 20.1 Å². The Morgan fingerprint density at radius 3 is 2.59 bits per heavy atom. The zero-order valence-corrected chi connectivity index (χ0v) is 19.6. The molecular weight excluding hydrogens is 454 g/mol. The van der Waals surface area contributed by atoms with Crippen LogP contribution in [0.3, 0.4) is 0 Å². The quantitative estimate of drug-likeness (QED) is 0.577. The van der Waals surface area contributed by atoms with Gasteiger partial charge in [-0.3, -0.25) is 0 Å². The molecule has 3 N–H and O–H groups in total. The first kappa shape index (κ1) is 23.9. The summed E-state index contributed by atoms with van der Waals surface area (Å²) in [6.45, 7) is 2.01. The third kappa shape index (κ3) is 4.95. The summed E-state index contributed by atoms with van der Waals surface area (Å²) < 4.78 is 32.8. The molecule has 8 heteroatoms. The van der Waals surface area contributed by atoms with Crippen molar-refractivity contribution in [3.8, 4) is 0 Å². The first-order chi connectivity index (χ1) is 15.2. The van der Waals surface area contributed by atoms with Crippen LogP contribution in [0.5, 0.6) is 0 Å². The summed E-state index contributed by atoms with van der Waals surface area (Å²) in [5.41, 5.74) is 3.27. The van der Waals surface area contributed by atoms with Crippen molar-refractivity contribution < 1.29 is 28.8 Å². The first-order valence-electron chi connectivity index (χ1n) is 10.7. The Morgan fingerprint density at radius 2 is 1.91 bits per heavy atom. The number of aryl methyl sites for hydroxylation is 1. The number of hydrogen-bond donors (Lipinski definition) is 3. The smallest absolute Gasteiger partial charge is 0.251 e. The predicted molar refractivity (Wildman–Crippen MR) is 124 cm³/mol. The maximum absolute atomic E-state index is 13.4. The summed E-state index contributed by atoms with van der Waals surface area (Å²) in [7, 11) is 0. The van der Waals surface area contributed by atoms with E-state index in [0.29, 0.717) is 12.8 Å². The molecule has 4 nitrogen and oxygen atoms in total. The summed E-state index contributed by atoms with van der Waals surface area (Å²) in [6.07, 6.45) is -0.191. The molecule has 1 aliphatic carbocycles. The molecule has 2 aromatic rings. The van der Waals surface area contributed by atoms with Crippen molar-refractivity contribution in [1.82, 2.24) is 0 Å². The van der Waals surface area contributed by atoms with Crippen molar-refractivity contribution in [3.63, 3.8) is 0 Å². The van der Waals surface area contributed by atoms with Crippen LogP contribution in [0.4, 0.5) is 8.78 Å². The van der Waals surface area contributed by atoms with Crippen molar-refractivity contribution in [2.45, 2.75) is 68.4 Å². The molecule has 1 saturated heterocycles. The molecule has 1 unspecified atom stereocenters. The van der Waals surface area contributed by atoms with Crippen LogP contribution in [-0.2, 0) is 11.2 Å². The number of aliphatic hydroxyl groups excluding tert-OH is 3. The normalized spacial score (nSPS) is 30.2. The molecule has 174 valence electrons. The number of alkyl halides is 2. The lowest BCUT2D eigenvalue weighted by molar-refractivity contribution is -0.200. The van der Waals surface area contributed by atoms with E-state index < -0.39 is 35.8 Å². The number of hydrogen-bond acceptors (Lipinski definition) is 6. The number of thiophene rings is 1. The molecule has 5 atom stereocenters. The van der Waals surface area contributed by atoms with Gasteiger partial charge in [-0.15, -0.1) is 23.1 Å². The molecule has 1 aliphatic heterocycles. The summed E-state index contributed by atoms with van der Waals surface area (Å²) in [5.74, 6) is -2.59. The fourth-order valence-electron chi connectivity index (χ4n) is 4.23. The van der Waals surface area contributed by atoms with E-state index in [1.807, 2.05) is 37.3 Å². The van der Waals surface area contributed by atoms with Crippen LogP contribution >= 0.6 is 23.1 Å². The van der Waals surface area contributed by atoms with E-state index in [1.54, 1.807) is 23.7 Å². The topological polar surface area (TPSA) is 69.9 Å². The standard InChI is InChI=1S/C24H28F2O4S2/c1-13-3-4-15(22-20(28)19(27)21(29)23(30-22)31-2)11-16(13)12-17-5-6-18(32-17)14-7-9-24(25,26)10-8-14/h3-7,11,19-23,27-29H,8-10,12H2,1-2H3/t19-,20-,21+,22?,23-/m1/s1. The van der Waals surface area contributed by atoms with E-state index in [1.165, 1.54) is 11.8 Å². The van der Waals surface area contributed by atoms with E-state index >= 15 is 0 Å². The highest BCUT2D eigenvalue weighted by Gasteiger charge is 2.44. The Labute approximate surface area is 194 Å². The second-order valence-electron chi connectivity index (χ2n) is 8.55. The number of thioether (sulfide) groups is 1. The lowest BCUT2D eigenvalue weighted by Gasteiger charge is -2.40. The molecule has 4 rings (SSSR count). The lowest BCUT2D eigenvalue weighted by atomic mass is 9.92. The van der Waals surface area contributed by atoms with Gasteiger partial charge in [-0.2, -0.15) is 0 Å². The van der Waals surface area contributed by atoms with Gasteiger partial charge in [-0.05, 0) is 54.0 Å². The van der Waals surface area contributed by atoms with Crippen molar-refractivity contribution in [1.29, 1.82) is 0 Å². The third-order valence-corrected chi connectivity index (χ3v) is 8.27. The van der Waals surface area contributed by atoms with Gasteiger partial charge in [-0.25, -0.2) is 8.78 Å². The Balaban J connectivity index is 1.53. The van der Waals surface area contributed by atoms with Crippen LogP contribution in [0.25, 0.3) is 5.57 Å². The van der Waals surface area contributed by atoms with Crippen molar-refractivity contribution >= 4 is 28.7 Å². The molecule has 32 heavy (non-hydrogen) atoms. The Bertz CT molecular complexity index is 988. The second kappa shape index (κ2) is 9.52. The molecule has 1 aromatic heterocycles. The van der Waals surface area contributed by atoms with Crippen LogP contribution < -0.4 is 0 Å². The van der Waals surface area contributed by atoms with Crippen molar-refractivity contribution in [2.24, 2.45) is 0 Å². The largest absolute Gasteiger partial charge is 0.387 e. The van der Waals surface area contributed by atoms with Crippen LogP contribution in [0.15, 0.2) is 36.4 Å². The minimum Gasteiger partial charge on any atom is -0.387 e. The molecule has 0 bridgehead atoms. The van der Waals surface area contributed by atoms with Crippen LogP contribution in [0.2, 0.25) is 0 Å². The van der Waals surface area contributed by atoms with Gasteiger partial charge in [0.1, 0.15) is 29.9 Å². The van der Waals surface area contributed by atoms with Crippen molar-refractivity contribution in [3.05, 3.63) is 62.9 Å². The van der Waals surface area contributed by atoms with E-state index in [-0.39, 0.29) is 12.8 Å². The Hall–Kier alpha value is -1.29. The highest BCUT2D eigenvalue weighted by atomic mass is 32.2. The highest BCUT2D eigenvalue weighted by molar-refractivity contribution is 7.99. The molecule has 2 aliphatic rings. The van der Waals surface area contributed by atoms with Crippen LogP contribution in [0, 0.1) is 6.92 Å². The number of aliphatic hydroxyl groups is 3. The van der Waals surface area contributed by atoms with Gasteiger partial charge in [0.05, 0.1) is 0 Å². The lowest BCUT2D eigenvalue weighted by Crippen LogP contribution is -2.52. The number of halogens is 2. The first-order valence-corrected chi connectivity index (χ1v) is 12.8.